The van der Waals surface area contributed by atoms with Crippen LogP contribution in [0.3, 0.4) is 0 Å². The molecule has 2 aliphatic rings. The Balaban J connectivity index is 1.65. The van der Waals surface area contributed by atoms with Gasteiger partial charge in [0.2, 0.25) is 10.0 Å². The molecule has 2 saturated heterocycles. The van der Waals surface area contributed by atoms with Crippen LogP contribution in [0.15, 0.2) is 18.2 Å². The number of benzene rings is 1. The van der Waals surface area contributed by atoms with Crippen LogP contribution in [0.25, 0.3) is 0 Å². The SMILES string of the molecule is CC1(C)C(=O)N(c2ccc(C#N)c(C(F)(F)F)c2)C(=S)N1CCCCN1CCCN(S(C)(=O)=O)CC1. The molecule has 2 heterocycles. The molecule has 2 fully saturated rings. The highest BCUT2D eigenvalue weighted by molar-refractivity contribution is 7.88. The molecular formula is C23H30F3N5O3S2. The highest BCUT2D eigenvalue weighted by Gasteiger charge is 2.49. The fourth-order valence-electron chi connectivity index (χ4n) is 4.55. The number of hydrogen-bond donors (Lipinski definition) is 0. The summed E-state index contributed by atoms with van der Waals surface area (Å²) in [5.74, 6) is -0.432. The van der Waals surface area contributed by atoms with Gasteiger partial charge in [0.15, 0.2) is 5.11 Å². The highest BCUT2D eigenvalue weighted by Crippen LogP contribution is 2.37. The van der Waals surface area contributed by atoms with Crippen LogP contribution in [0.2, 0.25) is 0 Å². The van der Waals surface area contributed by atoms with Crippen molar-refractivity contribution in [2.75, 3.05) is 50.4 Å². The van der Waals surface area contributed by atoms with Crippen molar-refractivity contribution < 1.29 is 26.4 Å². The Bertz CT molecular complexity index is 1160. The van der Waals surface area contributed by atoms with Gasteiger partial charge >= 0.3 is 6.18 Å². The van der Waals surface area contributed by atoms with Crippen LogP contribution in [-0.2, 0) is 21.0 Å². The maximum Gasteiger partial charge on any atom is 0.417 e. The molecule has 36 heavy (non-hydrogen) atoms. The summed E-state index contributed by atoms with van der Waals surface area (Å²) < 4.78 is 65.4. The number of amides is 1. The van der Waals surface area contributed by atoms with Gasteiger partial charge in [0.05, 0.1) is 29.1 Å². The lowest BCUT2D eigenvalue weighted by atomic mass is 10.0. The van der Waals surface area contributed by atoms with Gasteiger partial charge in [-0.05, 0) is 76.6 Å². The average Bonchev–Trinajstić information content (AvgIpc) is 2.96. The van der Waals surface area contributed by atoms with E-state index in [9.17, 15) is 26.4 Å². The Morgan fingerprint density at radius 1 is 1.11 bits per heavy atom. The summed E-state index contributed by atoms with van der Waals surface area (Å²) in [5.41, 5.74) is -2.69. The smallest absolute Gasteiger partial charge is 0.334 e. The summed E-state index contributed by atoms with van der Waals surface area (Å²) in [7, 11) is -3.21. The molecule has 0 atom stereocenters. The van der Waals surface area contributed by atoms with Crippen LogP contribution in [0, 0.1) is 11.3 Å². The van der Waals surface area contributed by atoms with Crippen molar-refractivity contribution in [3.8, 4) is 6.07 Å². The molecule has 0 unspecified atom stereocenters. The van der Waals surface area contributed by atoms with E-state index in [1.165, 1.54) is 22.7 Å². The minimum absolute atomic E-state index is 0.0214. The quantitative estimate of drug-likeness (QED) is 0.385. The van der Waals surface area contributed by atoms with Gasteiger partial charge in [-0.3, -0.25) is 9.69 Å². The average molecular weight is 546 g/mol. The lowest BCUT2D eigenvalue weighted by Crippen LogP contribution is -2.44. The Kier molecular flexibility index (Phi) is 8.34. The van der Waals surface area contributed by atoms with E-state index in [0.717, 1.165) is 43.0 Å². The molecule has 0 N–H and O–H groups in total. The first-order valence-electron chi connectivity index (χ1n) is 11.6. The number of carbonyl (C=O) groups excluding carboxylic acids is 1. The fraction of sp³-hybridized carbons (Fsp3) is 0.609. The van der Waals surface area contributed by atoms with Crippen LogP contribution in [0.5, 0.6) is 0 Å². The van der Waals surface area contributed by atoms with Crippen LogP contribution >= 0.6 is 12.2 Å². The second-order valence-electron chi connectivity index (χ2n) is 9.54. The Morgan fingerprint density at radius 3 is 2.39 bits per heavy atom. The number of alkyl halides is 3. The number of anilines is 1. The van der Waals surface area contributed by atoms with Gasteiger partial charge < -0.3 is 9.80 Å². The van der Waals surface area contributed by atoms with Crippen LogP contribution in [0.1, 0.15) is 44.2 Å². The fourth-order valence-corrected chi connectivity index (χ4v) is 5.93. The first kappa shape index (κ1) is 28.3. The van der Waals surface area contributed by atoms with Crippen molar-refractivity contribution in [1.29, 1.82) is 5.26 Å². The van der Waals surface area contributed by atoms with Crippen molar-refractivity contribution >= 4 is 38.9 Å². The molecule has 1 amide bonds. The number of carbonyl (C=O) groups is 1. The van der Waals surface area contributed by atoms with E-state index >= 15 is 0 Å². The normalized spacial score (nSPS) is 20.0. The molecular weight excluding hydrogens is 515 g/mol. The third-order valence-electron chi connectivity index (χ3n) is 6.63. The van der Waals surface area contributed by atoms with Gasteiger partial charge in [-0.25, -0.2) is 12.7 Å². The molecule has 0 radical (unpaired) electrons. The number of thiocarbonyl (C=S) groups is 1. The van der Waals surface area contributed by atoms with Crippen molar-refractivity contribution in [1.82, 2.24) is 14.1 Å². The highest BCUT2D eigenvalue weighted by atomic mass is 32.2. The van der Waals surface area contributed by atoms with Crippen molar-refractivity contribution in [2.45, 2.75) is 44.8 Å². The lowest BCUT2D eigenvalue weighted by molar-refractivity contribution is -0.137. The summed E-state index contributed by atoms with van der Waals surface area (Å²) in [6.07, 6.45) is -1.29. The minimum Gasteiger partial charge on any atom is -0.334 e. The molecule has 198 valence electrons. The molecule has 0 spiro atoms. The molecule has 0 aromatic heterocycles. The zero-order valence-corrected chi connectivity index (χ0v) is 22.1. The van der Waals surface area contributed by atoms with E-state index in [-0.39, 0.29) is 10.8 Å². The predicted octanol–water partition coefficient (Wildman–Crippen LogP) is 3.04. The maximum atomic E-state index is 13.5. The maximum absolute atomic E-state index is 13.5. The zero-order valence-electron chi connectivity index (χ0n) is 20.5. The zero-order chi connectivity index (χ0) is 26.9. The Labute approximate surface area is 215 Å². The van der Waals surface area contributed by atoms with Gasteiger partial charge in [0, 0.05) is 26.2 Å². The standard InChI is InChI=1S/C23H30F3N5O3S2/c1-22(2)20(32)31(18-8-7-17(16-27)19(15-18)23(24,25)26)21(35)30(22)12-5-4-9-28-10-6-11-29(14-13-28)36(3,33)34/h7-8,15H,4-6,9-14H2,1-3H3. The number of rotatable bonds is 7. The summed E-state index contributed by atoms with van der Waals surface area (Å²) in [6.45, 7) is 6.99. The molecule has 0 aliphatic carbocycles. The summed E-state index contributed by atoms with van der Waals surface area (Å²) in [5, 5.41) is 9.18. The molecule has 3 rings (SSSR count). The van der Waals surface area contributed by atoms with Gasteiger partial charge in [0.25, 0.3) is 5.91 Å². The van der Waals surface area contributed by atoms with Gasteiger partial charge in [0.1, 0.15) is 5.54 Å². The third-order valence-corrected chi connectivity index (χ3v) is 8.34. The largest absolute Gasteiger partial charge is 0.417 e. The van der Waals surface area contributed by atoms with E-state index in [0.29, 0.717) is 32.6 Å². The Hall–Kier alpha value is -2.27. The lowest BCUT2D eigenvalue weighted by Gasteiger charge is -2.29. The van der Waals surface area contributed by atoms with E-state index in [1.807, 2.05) is 0 Å². The van der Waals surface area contributed by atoms with E-state index < -0.39 is 38.8 Å². The van der Waals surface area contributed by atoms with Crippen molar-refractivity contribution in [3.63, 3.8) is 0 Å². The number of sulfonamides is 1. The molecule has 2 aliphatic heterocycles. The Morgan fingerprint density at radius 2 is 1.78 bits per heavy atom. The van der Waals surface area contributed by atoms with Crippen LogP contribution in [0.4, 0.5) is 18.9 Å². The summed E-state index contributed by atoms with van der Waals surface area (Å²) in [4.78, 5) is 18.2. The van der Waals surface area contributed by atoms with E-state index in [1.54, 1.807) is 18.7 Å². The van der Waals surface area contributed by atoms with Crippen LogP contribution in [-0.4, -0.2) is 84.6 Å². The van der Waals surface area contributed by atoms with E-state index in [2.05, 4.69) is 4.90 Å². The second-order valence-corrected chi connectivity index (χ2v) is 11.9. The van der Waals surface area contributed by atoms with Crippen molar-refractivity contribution in [3.05, 3.63) is 29.3 Å². The van der Waals surface area contributed by atoms with Crippen LogP contribution < -0.4 is 4.90 Å². The van der Waals surface area contributed by atoms with Crippen molar-refractivity contribution in [2.24, 2.45) is 0 Å². The second kappa shape index (κ2) is 10.6. The first-order valence-corrected chi connectivity index (χ1v) is 13.9. The molecule has 1 aromatic carbocycles. The minimum atomic E-state index is -4.74. The molecule has 1 aromatic rings. The number of nitriles is 1. The predicted molar refractivity (Wildman–Crippen MR) is 134 cm³/mol. The topological polar surface area (TPSA) is 88.0 Å². The summed E-state index contributed by atoms with van der Waals surface area (Å²) in [6, 6.07) is 4.69. The number of hydrogen-bond acceptors (Lipinski definition) is 6. The van der Waals surface area contributed by atoms with Gasteiger partial charge in [-0.2, -0.15) is 18.4 Å². The molecule has 0 bridgehead atoms. The summed E-state index contributed by atoms with van der Waals surface area (Å²) >= 11 is 5.52. The van der Waals surface area contributed by atoms with Gasteiger partial charge in [-0.15, -0.1) is 0 Å². The molecule has 0 saturated carbocycles. The molecule has 13 heteroatoms. The van der Waals surface area contributed by atoms with Gasteiger partial charge in [-0.1, -0.05) is 0 Å². The number of halogens is 3. The third kappa shape index (κ3) is 5.99. The number of nitrogens with zero attached hydrogens (tertiary/aromatic N) is 5. The molecule has 8 nitrogen and oxygen atoms in total. The number of unbranched alkanes of at least 4 members (excludes halogenated alkanes) is 1. The first-order chi connectivity index (χ1) is 16.7. The monoisotopic (exact) mass is 545 g/mol. The van der Waals surface area contributed by atoms with E-state index in [4.69, 9.17) is 17.5 Å².